The van der Waals surface area contributed by atoms with Crippen LogP contribution in [0.5, 0.6) is 0 Å². The lowest BCUT2D eigenvalue weighted by Gasteiger charge is -2.15. The number of aliphatic hydroxyl groups excluding tert-OH is 1. The summed E-state index contributed by atoms with van der Waals surface area (Å²) in [5.41, 5.74) is 0. The second-order valence-corrected chi connectivity index (χ2v) is 12.3. The highest BCUT2D eigenvalue weighted by atomic mass is 16.6. The van der Waals surface area contributed by atoms with Crippen molar-refractivity contribution in [1.29, 1.82) is 0 Å². The zero-order valence-corrected chi connectivity index (χ0v) is 30.3. The number of ether oxygens (including phenoxy) is 2. The molecule has 0 amide bonds. The number of allylic oxidation sites excluding steroid dienone is 12. The minimum atomic E-state index is -0.794. The predicted octanol–water partition coefficient (Wildman–Crippen LogP) is 11.8. The van der Waals surface area contributed by atoms with Gasteiger partial charge in [0.05, 0.1) is 6.61 Å². The fourth-order valence-electron chi connectivity index (χ4n) is 4.79. The molecule has 0 heterocycles. The van der Waals surface area contributed by atoms with Crippen molar-refractivity contribution in [3.05, 3.63) is 72.9 Å². The van der Waals surface area contributed by atoms with E-state index in [4.69, 9.17) is 9.47 Å². The molecule has 1 atom stereocenters. The van der Waals surface area contributed by atoms with Gasteiger partial charge in [-0.05, 0) is 83.5 Å². The molecule has 0 aromatic carbocycles. The molecule has 5 heteroatoms. The van der Waals surface area contributed by atoms with Gasteiger partial charge in [-0.2, -0.15) is 0 Å². The Morgan fingerprint density at radius 3 is 1.36 bits per heavy atom. The van der Waals surface area contributed by atoms with E-state index in [1.807, 2.05) is 0 Å². The summed E-state index contributed by atoms with van der Waals surface area (Å²) in [7, 11) is 0. The number of hydrogen-bond acceptors (Lipinski definition) is 5. The van der Waals surface area contributed by atoms with Crippen LogP contribution in [0.3, 0.4) is 0 Å². The summed E-state index contributed by atoms with van der Waals surface area (Å²) in [6.07, 6.45) is 49.5. The van der Waals surface area contributed by atoms with Gasteiger partial charge in [-0.3, -0.25) is 9.59 Å². The number of aliphatic hydroxyl groups is 1. The summed E-state index contributed by atoms with van der Waals surface area (Å²) in [6.45, 7) is 4.01. The first-order valence-electron chi connectivity index (χ1n) is 19.0. The highest BCUT2D eigenvalue weighted by molar-refractivity contribution is 5.70. The van der Waals surface area contributed by atoms with Crippen LogP contribution in [-0.2, 0) is 19.1 Å². The zero-order chi connectivity index (χ0) is 34.3. The van der Waals surface area contributed by atoms with Crippen molar-refractivity contribution in [1.82, 2.24) is 0 Å². The zero-order valence-electron chi connectivity index (χ0n) is 30.3. The van der Waals surface area contributed by atoms with Gasteiger partial charge < -0.3 is 14.6 Å². The molecule has 0 rings (SSSR count). The van der Waals surface area contributed by atoms with Crippen LogP contribution in [0.25, 0.3) is 0 Å². The van der Waals surface area contributed by atoms with Crippen molar-refractivity contribution < 1.29 is 24.2 Å². The van der Waals surface area contributed by atoms with Gasteiger partial charge in [0, 0.05) is 12.8 Å². The molecule has 0 saturated carbocycles. The Morgan fingerprint density at radius 2 is 0.872 bits per heavy atom. The van der Waals surface area contributed by atoms with Crippen LogP contribution < -0.4 is 0 Å². The summed E-state index contributed by atoms with van der Waals surface area (Å²) in [5.74, 6) is -0.651. The summed E-state index contributed by atoms with van der Waals surface area (Å²) in [5, 5.41) is 9.53. The molecule has 0 spiro atoms. The Kier molecular flexibility index (Phi) is 35.7. The van der Waals surface area contributed by atoms with E-state index in [2.05, 4.69) is 86.8 Å². The molecule has 0 radical (unpaired) electrons. The molecule has 268 valence electrons. The quantitative estimate of drug-likeness (QED) is 0.0433. The highest BCUT2D eigenvalue weighted by Gasteiger charge is 2.16. The second-order valence-electron chi connectivity index (χ2n) is 12.3. The van der Waals surface area contributed by atoms with Gasteiger partial charge in [-0.25, -0.2) is 0 Å². The topological polar surface area (TPSA) is 72.8 Å². The molecule has 0 aliphatic rings. The van der Waals surface area contributed by atoms with Gasteiger partial charge in [0.15, 0.2) is 6.10 Å². The normalized spacial score (nSPS) is 13.0. The number of carbonyl (C=O) groups excluding carboxylic acids is 2. The van der Waals surface area contributed by atoms with E-state index >= 15 is 0 Å². The first kappa shape index (κ1) is 44.3. The fourth-order valence-corrected chi connectivity index (χ4v) is 4.79. The van der Waals surface area contributed by atoms with E-state index in [0.29, 0.717) is 12.8 Å². The summed E-state index contributed by atoms with van der Waals surface area (Å²) < 4.78 is 10.6. The molecule has 0 aliphatic carbocycles. The minimum absolute atomic E-state index is 0.0919. The summed E-state index contributed by atoms with van der Waals surface area (Å²) in [6, 6.07) is 0. The number of unbranched alkanes of at least 4 members (excludes halogenated alkanes) is 13. The van der Waals surface area contributed by atoms with E-state index in [9.17, 15) is 14.7 Å². The lowest BCUT2D eigenvalue weighted by atomic mass is 10.1. The molecule has 1 N–H and O–H groups in total. The largest absolute Gasteiger partial charge is 0.462 e. The summed E-state index contributed by atoms with van der Waals surface area (Å²) >= 11 is 0. The molecule has 0 aromatic rings. The highest BCUT2D eigenvalue weighted by Crippen LogP contribution is 2.10. The van der Waals surface area contributed by atoms with E-state index < -0.39 is 6.10 Å². The number of esters is 2. The molecule has 0 unspecified atom stereocenters. The van der Waals surface area contributed by atoms with Crippen LogP contribution >= 0.6 is 0 Å². The van der Waals surface area contributed by atoms with Crippen molar-refractivity contribution in [2.75, 3.05) is 13.2 Å². The fraction of sp³-hybridized carbons (Fsp3) is 0.667. The number of hydrogen-bond donors (Lipinski definition) is 1. The monoisotopic (exact) mass is 655 g/mol. The number of rotatable bonds is 33. The van der Waals surface area contributed by atoms with Gasteiger partial charge in [-0.1, -0.05) is 138 Å². The lowest BCUT2D eigenvalue weighted by molar-refractivity contribution is -0.161. The van der Waals surface area contributed by atoms with Gasteiger partial charge >= 0.3 is 11.9 Å². The Labute approximate surface area is 289 Å². The smallest absolute Gasteiger partial charge is 0.306 e. The SMILES string of the molecule is CCCC/C=C/C/C=C/CCCCCCCC(=O)O[C@@H](CO)COC(=O)CCCCC/C=C/C/C=C/C/C=C/C/C=C/CCCCC. The number of carbonyl (C=O) groups is 2. The van der Waals surface area contributed by atoms with E-state index in [1.165, 1.54) is 51.4 Å². The third kappa shape index (κ3) is 36.0. The average Bonchev–Trinajstić information content (AvgIpc) is 3.07. The molecule has 0 bridgehead atoms. The summed E-state index contributed by atoms with van der Waals surface area (Å²) in [4.78, 5) is 24.2. The van der Waals surface area contributed by atoms with Crippen molar-refractivity contribution >= 4 is 11.9 Å². The maximum Gasteiger partial charge on any atom is 0.306 e. The van der Waals surface area contributed by atoms with E-state index in [0.717, 1.165) is 83.5 Å². The molecular weight excluding hydrogens is 584 g/mol. The first-order valence-corrected chi connectivity index (χ1v) is 19.0. The van der Waals surface area contributed by atoms with Crippen LogP contribution in [0.1, 0.15) is 162 Å². The van der Waals surface area contributed by atoms with Crippen molar-refractivity contribution in [3.63, 3.8) is 0 Å². The Morgan fingerprint density at radius 1 is 0.489 bits per heavy atom. The molecule has 0 aliphatic heterocycles. The molecule has 0 aromatic heterocycles. The van der Waals surface area contributed by atoms with Crippen LogP contribution in [0.4, 0.5) is 0 Å². The van der Waals surface area contributed by atoms with Crippen LogP contribution in [-0.4, -0.2) is 36.4 Å². The third-order valence-corrected chi connectivity index (χ3v) is 7.72. The second kappa shape index (κ2) is 37.8. The van der Waals surface area contributed by atoms with E-state index in [1.54, 1.807) is 0 Å². The van der Waals surface area contributed by atoms with Crippen molar-refractivity contribution in [2.24, 2.45) is 0 Å². The standard InChI is InChI=1S/C42H70O5/c1-3-5-7-9-11-13-15-17-19-20-21-22-23-25-26-28-30-32-34-36-41(44)46-39-40(38-43)47-42(45)37-35-33-31-29-27-24-18-16-14-12-10-8-6-4-2/h10-13,16-19,21-22,25-26,40,43H,3-9,14-15,20,23-24,27-39H2,1-2H3/b12-10+,13-11+,18-16+,19-17+,22-21+,26-25+/t40-/m0/s1. The van der Waals surface area contributed by atoms with Crippen LogP contribution in [0.2, 0.25) is 0 Å². The van der Waals surface area contributed by atoms with E-state index in [-0.39, 0.29) is 25.2 Å². The molecule has 0 fully saturated rings. The average molecular weight is 655 g/mol. The Bertz CT molecular complexity index is 879. The lowest BCUT2D eigenvalue weighted by Crippen LogP contribution is -2.28. The third-order valence-electron chi connectivity index (χ3n) is 7.72. The van der Waals surface area contributed by atoms with Gasteiger partial charge in [0.2, 0.25) is 0 Å². The predicted molar refractivity (Wildman–Crippen MR) is 200 cm³/mol. The maximum atomic E-state index is 12.1. The Hall–Kier alpha value is -2.66. The van der Waals surface area contributed by atoms with Gasteiger partial charge in [0.25, 0.3) is 0 Å². The van der Waals surface area contributed by atoms with Gasteiger partial charge in [-0.15, -0.1) is 0 Å². The molecule has 47 heavy (non-hydrogen) atoms. The maximum absolute atomic E-state index is 12.1. The van der Waals surface area contributed by atoms with Crippen molar-refractivity contribution in [2.45, 2.75) is 168 Å². The Balaban J connectivity index is 3.69. The van der Waals surface area contributed by atoms with Crippen LogP contribution in [0.15, 0.2) is 72.9 Å². The van der Waals surface area contributed by atoms with Crippen molar-refractivity contribution in [3.8, 4) is 0 Å². The molecule has 5 nitrogen and oxygen atoms in total. The minimum Gasteiger partial charge on any atom is -0.462 e. The molecular formula is C42H70O5. The van der Waals surface area contributed by atoms with Gasteiger partial charge in [0.1, 0.15) is 6.61 Å². The molecule has 0 saturated heterocycles. The first-order chi connectivity index (χ1) is 23.1. The van der Waals surface area contributed by atoms with Crippen LogP contribution in [0, 0.1) is 0 Å².